The Morgan fingerprint density at radius 1 is 1.04 bits per heavy atom. The van der Waals surface area contributed by atoms with Crippen molar-refractivity contribution < 1.29 is 29.0 Å². The molecule has 46 heavy (non-hydrogen) atoms. The van der Waals surface area contributed by atoms with Gasteiger partial charge >= 0.3 is 6.03 Å². The van der Waals surface area contributed by atoms with Crippen molar-refractivity contribution in [1.82, 2.24) is 10.6 Å². The highest BCUT2D eigenvalue weighted by Crippen LogP contribution is 2.26. The summed E-state index contributed by atoms with van der Waals surface area (Å²) in [5.41, 5.74) is 7.02. The van der Waals surface area contributed by atoms with E-state index in [1.54, 1.807) is 61.5 Å². The number of nitrogens with zero attached hydrogens (tertiary/aromatic N) is 2. The summed E-state index contributed by atoms with van der Waals surface area (Å²) in [7, 11) is 0. The van der Waals surface area contributed by atoms with Gasteiger partial charge in [-0.05, 0) is 54.5 Å². The molecule has 3 atom stereocenters. The SMILES string of the molecule is CCC[N+]1(Cc2cccc(O)c2)CC[C@H](NC(=O)[C@H](Cc2ccc(O)cc2)NC(=O)Nc2ccc(C3=C=CCOC(C)=N3)cc2)C1. The van der Waals surface area contributed by atoms with Crippen LogP contribution < -0.4 is 16.0 Å². The highest BCUT2D eigenvalue weighted by Gasteiger charge is 2.39. The van der Waals surface area contributed by atoms with Crippen molar-refractivity contribution in [3.05, 3.63) is 101 Å². The first kappa shape index (κ1) is 32.3. The molecule has 3 aromatic carbocycles. The zero-order valence-corrected chi connectivity index (χ0v) is 26.3. The first-order valence-corrected chi connectivity index (χ1v) is 15.7. The number of hydrogen-bond acceptors (Lipinski definition) is 6. The molecule has 2 aliphatic rings. The van der Waals surface area contributed by atoms with Crippen LogP contribution in [0.3, 0.4) is 0 Å². The van der Waals surface area contributed by atoms with E-state index in [4.69, 9.17) is 4.74 Å². The van der Waals surface area contributed by atoms with E-state index in [0.717, 1.165) is 60.2 Å². The molecule has 5 rings (SSSR count). The third-order valence-electron chi connectivity index (χ3n) is 8.33. The maximum Gasteiger partial charge on any atom is 0.319 e. The van der Waals surface area contributed by atoms with E-state index in [2.05, 4.69) is 33.6 Å². The number of likely N-dealkylation sites (tertiary alicyclic amines) is 1. The van der Waals surface area contributed by atoms with Gasteiger partial charge in [0.15, 0.2) is 5.90 Å². The predicted octanol–water partition coefficient (Wildman–Crippen LogP) is 5.09. The van der Waals surface area contributed by atoms with Crippen molar-refractivity contribution in [2.24, 2.45) is 4.99 Å². The van der Waals surface area contributed by atoms with Crippen LogP contribution >= 0.6 is 0 Å². The van der Waals surface area contributed by atoms with E-state index in [1.165, 1.54) is 0 Å². The minimum atomic E-state index is -0.845. The van der Waals surface area contributed by atoms with Crippen LogP contribution in [0.1, 0.15) is 43.4 Å². The van der Waals surface area contributed by atoms with Crippen LogP contribution in [0, 0.1) is 0 Å². The Labute approximate surface area is 269 Å². The van der Waals surface area contributed by atoms with Gasteiger partial charge in [0.2, 0.25) is 5.91 Å². The van der Waals surface area contributed by atoms with Gasteiger partial charge in [-0.15, -0.1) is 0 Å². The fourth-order valence-electron chi connectivity index (χ4n) is 6.23. The maximum atomic E-state index is 13.7. The van der Waals surface area contributed by atoms with Gasteiger partial charge in [0.25, 0.3) is 0 Å². The molecule has 0 saturated carbocycles. The van der Waals surface area contributed by atoms with Crippen molar-refractivity contribution in [3.63, 3.8) is 0 Å². The number of carbonyl (C=O) groups excluding carboxylic acids is 2. The lowest BCUT2D eigenvalue weighted by atomic mass is 10.0. The summed E-state index contributed by atoms with van der Waals surface area (Å²) in [6.07, 6.45) is 3.85. The molecule has 3 amide bonds. The Morgan fingerprint density at radius 3 is 2.57 bits per heavy atom. The Morgan fingerprint density at radius 2 is 1.83 bits per heavy atom. The van der Waals surface area contributed by atoms with Gasteiger partial charge in [-0.3, -0.25) is 4.79 Å². The number of benzene rings is 3. The molecule has 1 saturated heterocycles. The quantitative estimate of drug-likeness (QED) is 0.150. The number of nitrogens with one attached hydrogen (secondary N) is 3. The molecular formula is C36H42N5O5+. The molecule has 0 aliphatic carbocycles. The number of aliphatic imine (C=N–C) groups is 1. The molecule has 1 fully saturated rings. The average molecular weight is 625 g/mol. The van der Waals surface area contributed by atoms with E-state index < -0.39 is 12.1 Å². The van der Waals surface area contributed by atoms with Crippen molar-refractivity contribution in [3.8, 4) is 11.5 Å². The standard InChI is InChI=1S/C36H41N5O5/c1-3-18-41(23-27-6-4-7-32(43)21-27)19-17-30(24-41)38-35(44)34(22-26-9-15-31(42)16-10-26)40-36(45)39-29-13-11-28(12-14-29)33-8-5-20-46-25(2)37-33/h4-7,9-16,21,30,34H,3,17-20,22-24H2,1-2H3,(H4-,38,39,40,42,43,44,45)/p+1/t30-,34-,41?/m0/s1. The minimum Gasteiger partial charge on any atom is -0.508 e. The second-order valence-corrected chi connectivity index (χ2v) is 12.0. The number of ether oxygens (including phenoxy) is 1. The zero-order chi connectivity index (χ0) is 32.5. The topological polar surface area (TPSA) is 132 Å². The van der Waals surface area contributed by atoms with E-state index in [9.17, 15) is 19.8 Å². The van der Waals surface area contributed by atoms with Crippen LogP contribution in [-0.2, 0) is 22.5 Å². The fraction of sp³-hybridized carbons (Fsp3) is 0.333. The predicted molar refractivity (Wildman–Crippen MR) is 178 cm³/mol. The molecule has 0 radical (unpaired) electrons. The van der Waals surface area contributed by atoms with Crippen LogP contribution in [0.25, 0.3) is 5.70 Å². The molecule has 2 aliphatic heterocycles. The van der Waals surface area contributed by atoms with Crippen molar-refractivity contribution in [2.75, 3.05) is 31.6 Å². The van der Waals surface area contributed by atoms with Crippen molar-refractivity contribution in [1.29, 1.82) is 0 Å². The Kier molecular flexibility index (Phi) is 10.4. The third kappa shape index (κ3) is 8.78. The number of aromatic hydroxyl groups is 2. The normalized spacial score (nSPS) is 19.7. The fourth-order valence-corrected chi connectivity index (χ4v) is 6.23. The lowest BCUT2D eigenvalue weighted by Gasteiger charge is -2.34. The van der Waals surface area contributed by atoms with Crippen LogP contribution in [0.4, 0.5) is 10.5 Å². The Bertz CT molecular complexity index is 1630. The molecule has 0 spiro atoms. The first-order valence-electron chi connectivity index (χ1n) is 15.7. The molecule has 0 bridgehead atoms. The van der Waals surface area contributed by atoms with Gasteiger partial charge in [0, 0.05) is 36.6 Å². The molecule has 240 valence electrons. The van der Waals surface area contributed by atoms with Gasteiger partial charge in [0.1, 0.15) is 36.4 Å². The third-order valence-corrected chi connectivity index (χ3v) is 8.33. The molecule has 3 aromatic rings. The molecule has 2 heterocycles. The maximum absolute atomic E-state index is 13.7. The molecular weight excluding hydrogens is 582 g/mol. The van der Waals surface area contributed by atoms with Crippen LogP contribution in [0.15, 0.2) is 89.6 Å². The number of hydrogen-bond donors (Lipinski definition) is 5. The van der Waals surface area contributed by atoms with E-state index in [-0.39, 0.29) is 29.9 Å². The number of quaternary nitrogens is 1. The second kappa shape index (κ2) is 14.8. The van der Waals surface area contributed by atoms with Gasteiger partial charge in [0.05, 0.1) is 25.7 Å². The molecule has 0 aromatic heterocycles. The summed E-state index contributed by atoms with van der Waals surface area (Å²) in [6.45, 7) is 7.77. The van der Waals surface area contributed by atoms with E-state index in [0.29, 0.717) is 23.9 Å². The highest BCUT2D eigenvalue weighted by molar-refractivity contribution is 5.94. The molecule has 10 heteroatoms. The number of urea groups is 1. The van der Waals surface area contributed by atoms with E-state index >= 15 is 0 Å². The van der Waals surface area contributed by atoms with Crippen LogP contribution in [0.2, 0.25) is 0 Å². The summed E-state index contributed by atoms with van der Waals surface area (Å²) in [4.78, 5) is 31.3. The summed E-state index contributed by atoms with van der Waals surface area (Å²) in [6, 6.07) is 19.8. The highest BCUT2D eigenvalue weighted by atomic mass is 16.5. The Balaban J connectivity index is 1.25. The lowest BCUT2D eigenvalue weighted by Crippen LogP contribution is -2.53. The van der Waals surface area contributed by atoms with Crippen LogP contribution in [0.5, 0.6) is 11.5 Å². The number of rotatable bonds is 11. The smallest absolute Gasteiger partial charge is 0.319 e. The van der Waals surface area contributed by atoms with Gasteiger partial charge in [-0.25, -0.2) is 9.79 Å². The average Bonchev–Trinajstić information content (AvgIpc) is 3.27. The van der Waals surface area contributed by atoms with Crippen molar-refractivity contribution in [2.45, 2.75) is 51.7 Å². The van der Waals surface area contributed by atoms with E-state index in [1.807, 2.05) is 24.3 Å². The number of phenols is 2. The summed E-state index contributed by atoms with van der Waals surface area (Å²) in [5.74, 6) is 0.673. The molecule has 10 nitrogen and oxygen atoms in total. The zero-order valence-electron chi connectivity index (χ0n) is 26.3. The van der Waals surface area contributed by atoms with Gasteiger partial charge < -0.3 is 35.4 Å². The van der Waals surface area contributed by atoms with Gasteiger partial charge in [-0.2, -0.15) is 0 Å². The summed E-state index contributed by atoms with van der Waals surface area (Å²) >= 11 is 0. The molecule has 1 unspecified atom stereocenters. The lowest BCUT2D eigenvalue weighted by molar-refractivity contribution is -0.930. The van der Waals surface area contributed by atoms with Gasteiger partial charge in [-0.1, -0.05) is 49.1 Å². The number of amides is 3. The number of anilines is 1. The number of phenolic OH excluding ortho intramolecular Hbond substituents is 2. The molecule has 5 N–H and O–H groups in total. The Hall–Kier alpha value is -5.05. The summed E-state index contributed by atoms with van der Waals surface area (Å²) in [5, 5.41) is 28.7. The monoisotopic (exact) mass is 624 g/mol. The minimum absolute atomic E-state index is 0.0554. The summed E-state index contributed by atoms with van der Waals surface area (Å²) < 4.78 is 6.24. The second-order valence-electron chi connectivity index (χ2n) is 12.0. The largest absolute Gasteiger partial charge is 0.508 e. The first-order chi connectivity index (χ1) is 22.2. The number of carbonyl (C=O) groups is 2. The van der Waals surface area contributed by atoms with Crippen LogP contribution in [-0.4, -0.2) is 70.9 Å². The van der Waals surface area contributed by atoms with Crippen molar-refractivity contribution >= 4 is 29.2 Å².